The Bertz CT molecular complexity index is 870. The predicted molar refractivity (Wildman–Crippen MR) is 93.6 cm³/mol. The van der Waals surface area contributed by atoms with E-state index in [1.807, 2.05) is 31.2 Å². The molecule has 3 aromatic rings. The molecule has 1 aromatic carbocycles. The minimum absolute atomic E-state index is 0.335. The Kier molecular flexibility index (Phi) is 3.66. The quantitative estimate of drug-likeness (QED) is 0.674. The van der Waals surface area contributed by atoms with Gasteiger partial charge in [0.25, 0.3) is 0 Å². The topological polar surface area (TPSA) is 105 Å². The number of aromatic amines is 1. The van der Waals surface area contributed by atoms with Crippen LogP contribution in [0.1, 0.15) is 5.56 Å². The summed E-state index contributed by atoms with van der Waals surface area (Å²) in [5, 5.41) is 3.26. The van der Waals surface area contributed by atoms with Crippen LogP contribution < -0.4 is 16.0 Å². The summed E-state index contributed by atoms with van der Waals surface area (Å²) in [4.78, 5) is 18.6. The van der Waals surface area contributed by atoms with E-state index in [2.05, 4.69) is 30.2 Å². The van der Waals surface area contributed by atoms with Crippen molar-refractivity contribution in [3.05, 3.63) is 29.8 Å². The van der Waals surface area contributed by atoms with Crippen LogP contribution in [0.25, 0.3) is 11.2 Å². The van der Waals surface area contributed by atoms with Gasteiger partial charge in [0, 0.05) is 18.8 Å². The highest BCUT2D eigenvalue weighted by Crippen LogP contribution is 2.26. The zero-order valence-electron chi connectivity index (χ0n) is 13.4. The number of aryl methyl sites for hydroxylation is 1. The number of morpholine rings is 1. The molecule has 0 radical (unpaired) electrons. The van der Waals surface area contributed by atoms with Gasteiger partial charge < -0.3 is 25.7 Å². The number of nitrogens with two attached hydrogens (primary N) is 1. The van der Waals surface area contributed by atoms with E-state index in [1.165, 1.54) is 5.56 Å². The lowest BCUT2D eigenvalue weighted by atomic mass is 10.2. The van der Waals surface area contributed by atoms with Crippen molar-refractivity contribution in [3.63, 3.8) is 0 Å². The standard InChI is InChI=1S/C16H19N7O/c1-10-3-2-4-11(9-10)18-16-21-13-12(19-15(17)20-13)14(22-16)23-5-7-24-8-6-23/h2-4,9H,5-8H2,1H3,(H4,17,18,19,20,21,22). The summed E-state index contributed by atoms with van der Waals surface area (Å²) in [6.45, 7) is 4.92. The summed E-state index contributed by atoms with van der Waals surface area (Å²) in [7, 11) is 0. The number of H-pyrrole nitrogens is 1. The molecule has 0 saturated carbocycles. The molecule has 0 bridgehead atoms. The normalized spacial score (nSPS) is 15.0. The summed E-state index contributed by atoms with van der Waals surface area (Å²) >= 11 is 0. The number of nitrogen functional groups attached to an aromatic ring is 1. The van der Waals surface area contributed by atoms with Crippen molar-refractivity contribution in [2.45, 2.75) is 6.92 Å². The first-order valence-corrected chi connectivity index (χ1v) is 7.89. The zero-order valence-corrected chi connectivity index (χ0v) is 13.4. The second kappa shape index (κ2) is 5.97. The largest absolute Gasteiger partial charge is 0.378 e. The highest BCUT2D eigenvalue weighted by atomic mass is 16.5. The molecule has 3 heterocycles. The zero-order chi connectivity index (χ0) is 16.5. The Balaban J connectivity index is 1.75. The molecule has 1 saturated heterocycles. The molecule has 2 aromatic heterocycles. The first-order chi connectivity index (χ1) is 11.7. The average Bonchev–Trinajstić information content (AvgIpc) is 2.95. The van der Waals surface area contributed by atoms with Crippen LogP contribution in [-0.2, 0) is 4.74 Å². The number of nitrogens with one attached hydrogen (secondary N) is 2. The van der Waals surface area contributed by atoms with Gasteiger partial charge in [-0.3, -0.25) is 0 Å². The molecule has 1 aliphatic rings. The molecule has 8 nitrogen and oxygen atoms in total. The molecule has 4 rings (SSSR count). The number of imidazole rings is 1. The van der Waals surface area contributed by atoms with Crippen LogP contribution >= 0.6 is 0 Å². The second-order valence-electron chi connectivity index (χ2n) is 5.78. The summed E-state index contributed by atoms with van der Waals surface area (Å²) < 4.78 is 5.42. The number of hydrogen-bond acceptors (Lipinski definition) is 7. The van der Waals surface area contributed by atoms with Crippen LogP contribution in [0.3, 0.4) is 0 Å². The summed E-state index contributed by atoms with van der Waals surface area (Å²) in [5.41, 5.74) is 9.23. The number of nitrogens with zero attached hydrogens (tertiary/aromatic N) is 4. The minimum Gasteiger partial charge on any atom is -0.378 e. The minimum atomic E-state index is 0.335. The molecule has 4 N–H and O–H groups in total. The second-order valence-corrected chi connectivity index (χ2v) is 5.78. The van der Waals surface area contributed by atoms with Gasteiger partial charge >= 0.3 is 0 Å². The number of fused-ring (bicyclic) bond motifs is 1. The molecule has 0 spiro atoms. The number of ether oxygens (including phenoxy) is 1. The van der Waals surface area contributed by atoms with Crippen molar-refractivity contribution in [1.82, 2.24) is 19.9 Å². The fraction of sp³-hybridized carbons (Fsp3) is 0.312. The molecule has 1 fully saturated rings. The smallest absolute Gasteiger partial charge is 0.231 e. The maximum Gasteiger partial charge on any atom is 0.231 e. The van der Waals surface area contributed by atoms with Gasteiger partial charge in [-0.15, -0.1) is 0 Å². The summed E-state index contributed by atoms with van der Waals surface area (Å²) in [6, 6.07) is 8.07. The first-order valence-electron chi connectivity index (χ1n) is 7.89. The Morgan fingerprint density at radius 3 is 2.83 bits per heavy atom. The van der Waals surface area contributed by atoms with E-state index >= 15 is 0 Å². The molecular formula is C16H19N7O. The third-order valence-corrected chi connectivity index (χ3v) is 3.93. The van der Waals surface area contributed by atoms with Crippen molar-refractivity contribution in [2.75, 3.05) is 42.3 Å². The van der Waals surface area contributed by atoms with Crippen molar-refractivity contribution < 1.29 is 4.74 Å². The molecule has 124 valence electrons. The molecule has 0 atom stereocenters. The van der Waals surface area contributed by atoms with E-state index in [0.29, 0.717) is 36.3 Å². The third kappa shape index (κ3) is 2.83. The van der Waals surface area contributed by atoms with E-state index in [1.54, 1.807) is 0 Å². The molecular weight excluding hydrogens is 306 g/mol. The maximum absolute atomic E-state index is 5.81. The number of benzene rings is 1. The highest BCUT2D eigenvalue weighted by Gasteiger charge is 2.20. The fourth-order valence-electron chi connectivity index (χ4n) is 2.81. The van der Waals surface area contributed by atoms with Crippen LogP contribution in [0.15, 0.2) is 24.3 Å². The third-order valence-electron chi connectivity index (χ3n) is 3.93. The molecule has 0 amide bonds. The van der Waals surface area contributed by atoms with Crippen molar-refractivity contribution in [3.8, 4) is 0 Å². The van der Waals surface area contributed by atoms with Crippen LogP contribution in [0.5, 0.6) is 0 Å². The fourth-order valence-corrected chi connectivity index (χ4v) is 2.81. The van der Waals surface area contributed by atoms with Crippen LogP contribution in [0.2, 0.25) is 0 Å². The first kappa shape index (κ1) is 14.7. The van der Waals surface area contributed by atoms with Crippen molar-refractivity contribution in [1.29, 1.82) is 0 Å². The van der Waals surface area contributed by atoms with E-state index < -0.39 is 0 Å². The lowest BCUT2D eigenvalue weighted by molar-refractivity contribution is 0.122. The number of rotatable bonds is 3. The molecule has 0 unspecified atom stereocenters. The SMILES string of the molecule is Cc1cccc(Nc2nc(N3CCOCC3)c3nc(N)[nH]c3n2)c1. The van der Waals surface area contributed by atoms with Crippen LogP contribution in [-0.4, -0.2) is 46.2 Å². The van der Waals surface area contributed by atoms with Crippen LogP contribution in [0, 0.1) is 6.92 Å². The molecule has 8 heteroatoms. The average molecular weight is 325 g/mol. The van der Waals surface area contributed by atoms with E-state index in [0.717, 1.165) is 24.6 Å². The molecule has 24 heavy (non-hydrogen) atoms. The molecule has 1 aliphatic heterocycles. The van der Waals surface area contributed by atoms with E-state index in [9.17, 15) is 0 Å². The molecule has 0 aliphatic carbocycles. The Morgan fingerprint density at radius 2 is 2.04 bits per heavy atom. The van der Waals surface area contributed by atoms with Crippen LogP contribution in [0.4, 0.5) is 23.4 Å². The van der Waals surface area contributed by atoms with Gasteiger partial charge in [-0.1, -0.05) is 12.1 Å². The predicted octanol–water partition coefficient (Wildman–Crippen LogP) is 1.82. The lowest BCUT2D eigenvalue weighted by Gasteiger charge is -2.28. The van der Waals surface area contributed by atoms with E-state index in [4.69, 9.17) is 10.5 Å². The van der Waals surface area contributed by atoms with Gasteiger partial charge in [-0.25, -0.2) is 4.98 Å². The van der Waals surface area contributed by atoms with Gasteiger partial charge in [-0.2, -0.15) is 9.97 Å². The van der Waals surface area contributed by atoms with Gasteiger partial charge in [-0.05, 0) is 24.6 Å². The highest BCUT2D eigenvalue weighted by molar-refractivity contribution is 5.86. The van der Waals surface area contributed by atoms with Crippen molar-refractivity contribution >= 4 is 34.6 Å². The van der Waals surface area contributed by atoms with Crippen molar-refractivity contribution in [2.24, 2.45) is 0 Å². The van der Waals surface area contributed by atoms with Gasteiger partial charge in [0.05, 0.1) is 13.2 Å². The Labute approximate surface area is 139 Å². The van der Waals surface area contributed by atoms with Gasteiger partial charge in [0.1, 0.15) is 0 Å². The van der Waals surface area contributed by atoms with E-state index in [-0.39, 0.29) is 0 Å². The Morgan fingerprint density at radius 1 is 1.21 bits per heavy atom. The number of hydrogen-bond donors (Lipinski definition) is 3. The monoisotopic (exact) mass is 325 g/mol. The maximum atomic E-state index is 5.81. The Hall–Kier alpha value is -2.87. The lowest BCUT2D eigenvalue weighted by Crippen LogP contribution is -2.37. The van der Waals surface area contributed by atoms with Gasteiger partial charge in [0.2, 0.25) is 5.95 Å². The number of aromatic nitrogens is 4. The summed E-state index contributed by atoms with van der Waals surface area (Å²) in [6.07, 6.45) is 0. The summed E-state index contributed by atoms with van der Waals surface area (Å²) in [5.74, 6) is 1.62. The van der Waals surface area contributed by atoms with Gasteiger partial charge in [0.15, 0.2) is 22.9 Å². The number of anilines is 4.